The zero-order valence-electron chi connectivity index (χ0n) is 13.1. The molecule has 21 heavy (non-hydrogen) atoms. The Bertz CT molecular complexity index is 529. The van der Waals surface area contributed by atoms with E-state index in [2.05, 4.69) is 0 Å². The van der Waals surface area contributed by atoms with Crippen molar-refractivity contribution in [2.75, 3.05) is 0 Å². The molecule has 0 bridgehead atoms. The van der Waals surface area contributed by atoms with Crippen LogP contribution in [0.25, 0.3) is 0 Å². The third-order valence-electron chi connectivity index (χ3n) is 3.27. The number of benzene rings is 1. The van der Waals surface area contributed by atoms with Crippen LogP contribution in [0.15, 0.2) is 12.1 Å². The van der Waals surface area contributed by atoms with Gasteiger partial charge in [-0.15, -0.1) is 0 Å². The maximum atomic E-state index is 13.2. The second kappa shape index (κ2) is 5.00. The molecule has 0 radical (unpaired) electrons. The normalized spacial score (nSPS) is 13.4. The molecule has 0 fully saturated rings. The van der Waals surface area contributed by atoms with Crippen molar-refractivity contribution in [1.29, 1.82) is 0 Å². The molecule has 0 unspecified atom stereocenters. The second-order valence-electron chi connectivity index (χ2n) is 7.17. The number of rotatable bonds is 1. The van der Waals surface area contributed by atoms with E-state index in [1.54, 1.807) is 41.5 Å². The second-order valence-corrected chi connectivity index (χ2v) is 7.17. The highest BCUT2D eigenvalue weighted by Crippen LogP contribution is 2.44. The first-order valence-corrected chi connectivity index (χ1v) is 6.56. The molecule has 0 aliphatic heterocycles. The number of hydrogen-bond donors (Lipinski definition) is 0. The van der Waals surface area contributed by atoms with Crippen LogP contribution in [0.1, 0.15) is 58.2 Å². The van der Waals surface area contributed by atoms with Crippen molar-refractivity contribution >= 4 is 5.69 Å². The van der Waals surface area contributed by atoms with Gasteiger partial charge < -0.3 is 0 Å². The van der Waals surface area contributed by atoms with Gasteiger partial charge in [0.2, 0.25) is 0 Å². The summed E-state index contributed by atoms with van der Waals surface area (Å²) < 4.78 is 39.7. The molecule has 1 aromatic rings. The Kier molecular flexibility index (Phi) is 4.16. The average Bonchev–Trinajstić information content (AvgIpc) is 2.23. The van der Waals surface area contributed by atoms with E-state index in [1.165, 1.54) is 6.07 Å². The number of nitro benzene ring substituents is 1. The van der Waals surface area contributed by atoms with E-state index in [1.807, 2.05) is 0 Å². The van der Waals surface area contributed by atoms with Crippen LogP contribution >= 0.6 is 0 Å². The van der Waals surface area contributed by atoms with Gasteiger partial charge in [-0.2, -0.15) is 13.2 Å². The number of nitrogens with zero attached hydrogens (tertiary/aromatic N) is 1. The summed E-state index contributed by atoms with van der Waals surface area (Å²) in [5.41, 5.74) is -2.77. The van der Waals surface area contributed by atoms with Gasteiger partial charge in [-0.25, -0.2) is 0 Å². The largest absolute Gasteiger partial charge is 0.423 e. The van der Waals surface area contributed by atoms with Crippen LogP contribution in [-0.2, 0) is 17.0 Å². The monoisotopic (exact) mass is 303 g/mol. The lowest BCUT2D eigenvalue weighted by Crippen LogP contribution is -2.22. The van der Waals surface area contributed by atoms with Gasteiger partial charge in [-0.05, 0) is 28.5 Å². The minimum absolute atomic E-state index is 0.104. The van der Waals surface area contributed by atoms with Gasteiger partial charge in [-0.3, -0.25) is 10.1 Å². The van der Waals surface area contributed by atoms with E-state index in [-0.39, 0.29) is 5.56 Å². The summed E-state index contributed by atoms with van der Waals surface area (Å²) in [5, 5.41) is 11.2. The van der Waals surface area contributed by atoms with Crippen molar-refractivity contribution in [1.82, 2.24) is 0 Å². The lowest BCUT2D eigenvalue weighted by Gasteiger charge is -2.26. The smallest absolute Gasteiger partial charge is 0.258 e. The van der Waals surface area contributed by atoms with Gasteiger partial charge >= 0.3 is 6.18 Å². The molecule has 0 aromatic heterocycles. The summed E-state index contributed by atoms with van der Waals surface area (Å²) in [7, 11) is 0. The van der Waals surface area contributed by atoms with Crippen LogP contribution in [0.4, 0.5) is 18.9 Å². The predicted octanol–water partition coefficient (Wildman–Crippen LogP) is 5.21. The van der Waals surface area contributed by atoms with E-state index in [0.29, 0.717) is 5.56 Å². The molecule has 0 N–H and O–H groups in total. The summed E-state index contributed by atoms with van der Waals surface area (Å²) in [5.74, 6) is 0. The van der Waals surface area contributed by atoms with E-state index in [0.717, 1.165) is 6.07 Å². The molecule has 0 saturated carbocycles. The molecule has 1 aromatic carbocycles. The number of halogens is 3. The van der Waals surface area contributed by atoms with E-state index in [4.69, 9.17) is 0 Å². The molecular formula is C15H20F3NO2. The fraction of sp³-hybridized carbons (Fsp3) is 0.600. The van der Waals surface area contributed by atoms with Gasteiger partial charge in [-0.1, -0.05) is 41.5 Å². The maximum absolute atomic E-state index is 13.2. The third kappa shape index (κ3) is 3.74. The molecule has 1 rings (SSSR count). The summed E-state index contributed by atoms with van der Waals surface area (Å²) in [6.07, 6.45) is -4.76. The molecule has 0 atom stereocenters. The summed E-state index contributed by atoms with van der Waals surface area (Å²) >= 11 is 0. The van der Waals surface area contributed by atoms with Crippen molar-refractivity contribution < 1.29 is 18.1 Å². The molecule has 0 saturated heterocycles. The predicted molar refractivity (Wildman–Crippen MR) is 75.5 cm³/mol. The molecule has 118 valence electrons. The third-order valence-corrected chi connectivity index (χ3v) is 3.27. The number of nitro groups is 1. The number of alkyl halides is 3. The first-order valence-electron chi connectivity index (χ1n) is 6.56. The SMILES string of the molecule is CC(C)(C)c1cc(C(C)(C)C)c([N+](=O)[O-])c(C(F)(F)F)c1. The quantitative estimate of drug-likeness (QED) is 0.528. The first kappa shape index (κ1) is 17.5. The van der Waals surface area contributed by atoms with Crippen molar-refractivity contribution in [3.8, 4) is 0 Å². The van der Waals surface area contributed by atoms with Gasteiger partial charge in [0, 0.05) is 5.56 Å². The molecule has 0 amide bonds. The molecule has 0 spiro atoms. The summed E-state index contributed by atoms with van der Waals surface area (Å²) in [4.78, 5) is 10.3. The van der Waals surface area contributed by atoms with Crippen molar-refractivity contribution in [3.63, 3.8) is 0 Å². The van der Waals surface area contributed by atoms with Gasteiger partial charge in [0.25, 0.3) is 5.69 Å². The van der Waals surface area contributed by atoms with Crippen LogP contribution in [0.5, 0.6) is 0 Å². The fourth-order valence-electron chi connectivity index (χ4n) is 2.05. The summed E-state index contributed by atoms with van der Waals surface area (Å²) in [6.45, 7) is 10.3. The minimum atomic E-state index is -4.76. The molecule has 3 nitrogen and oxygen atoms in total. The Morgan fingerprint density at radius 3 is 1.62 bits per heavy atom. The minimum Gasteiger partial charge on any atom is -0.258 e. The van der Waals surface area contributed by atoms with Crippen LogP contribution < -0.4 is 0 Å². The lowest BCUT2D eigenvalue weighted by molar-refractivity contribution is -0.389. The van der Waals surface area contributed by atoms with Gasteiger partial charge in [0.1, 0.15) is 5.56 Å². The Morgan fingerprint density at radius 2 is 1.33 bits per heavy atom. The molecule has 0 heterocycles. The molecular weight excluding hydrogens is 283 g/mol. The Hall–Kier alpha value is -1.59. The van der Waals surface area contributed by atoms with Crippen LogP contribution in [0.3, 0.4) is 0 Å². The lowest BCUT2D eigenvalue weighted by atomic mass is 9.78. The highest BCUT2D eigenvalue weighted by atomic mass is 19.4. The number of hydrogen-bond acceptors (Lipinski definition) is 2. The topological polar surface area (TPSA) is 43.1 Å². The van der Waals surface area contributed by atoms with E-state index < -0.39 is 33.2 Å². The molecule has 0 aliphatic carbocycles. The van der Waals surface area contributed by atoms with E-state index >= 15 is 0 Å². The summed E-state index contributed by atoms with van der Waals surface area (Å²) in [6, 6.07) is 2.42. The van der Waals surface area contributed by atoms with Crippen LogP contribution in [0.2, 0.25) is 0 Å². The zero-order chi connectivity index (χ0) is 16.8. The van der Waals surface area contributed by atoms with Crippen LogP contribution in [-0.4, -0.2) is 4.92 Å². The fourth-order valence-corrected chi connectivity index (χ4v) is 2.05. The Balaban J connectivity index is 3.89. The highest BCUT2D eigenvalue weighted by molar-refractivity contribution is 5.55. The Morgan fingerprint density at radius 1 is 0.905 bits per heavy atom. The zero-order valence-corrected chi connectivity index (χ0v) is 13.1. The van der Waals surface area contributed by atoms with E-state index in [9.17, 15) is 23.3 Å². The first-order chi connectivity index (χ1) is 9.15. The highest BCUT2D eigenvalue weighted by Gasteiger charge is 2.42. The van der Waals surface area contributed by atoms with Crippen molar-refractivity contribution in [2.24, 2.45) is 0 Å². The van der Waals surface area contributed by atoms with Crippen molar-refractivity contribution in [3.05, 3.63) is 38.9 Å². The van der Waals surface area contributed by atoms with Crippen LogP contribution in [0, 0.1) is 10.1 Å². The Labute approximate surface area is 122 Å². The van der Waals surface area contributed by atoms with Gasteiger partial charge in [0.15, 0.2) is 0 Å². The maximum Gasteiger partial charge on any atom is 0.423 e. The molecule has 0 aliphatic rings. The van der Waals surface area contributed by atoms with Crippen molar-refractivity contribution in [2.45, 2.75) is 58.5 Å². The standard InChI is InChI=1S/C15H20F3NO2/c1-13(2,3)9-7-10(14(4,5)6)12(19(20)21)11(8-9)15(16,17)18/h7-8H,1-6H3. The molecule has 6 heteroatoms. The van der Waals surface area contributed by atoms with Gasteiger partial charge in [0.05, 0.1) is 4.92 Å². The average molecular weight is 303 g/mol.